The van der Waals surface area contributed by atoms with Gasteiger partial charge in [-0.3, -0.25) is 4.79 Å². The van der Waals surface area contributed by atoms with Crippen molar-refractivity contribution >= 4 is 28.8 Å². The number of pyridine rings is 1. The van der Waals surface area contributed by atoms with Gasteiger partial charge in [-0.15, -0.1) is 0 Å². The summed E-state index contributed by atoms with van der Waals surface area (Å²) in [4.78, 5) is 24.0. The third kappa shape index (κ3) is 4.15. The minimum Gasteiger partial charge on any atom is -0.387 e. The normalized spacial score (nSPS) is 25.3. The van der Waals surface area contributed by atoms with E-state index >= 15 is 0 Å². The highest BCUT2D eigenvalue weighted by Gasteiger charge is 2.47. The molecule has 0 aliphatic carbocycles. The van der Waals surface area contributed by atoms with Gasteiger partial charge in [-0.1, -0.05) is 6.07 Å². The van der Waals surface area contributed by atoms with Crippen LogP contribution < -0.4 is 20.9 Å². The number of hydrogen-bond donors (Lipinski definition) is 4. The Morgan fingerprint density at radius 3 is 2.90 bits per heavy atom. The van der Waals surface area contributed by atoms with Gasteiger partial charge in [-0.2, -0.15) is 0 Å². The molecule has 202 valence electrons. The fourth-order valence-electron chi connectivity index (χ4n) is 6.62. The molecule has 2 atom stereocenters. The number of carbonyl (C=O) groups is 1. The standard InChI is InChI=1S/C29H32FN7O2/c1-35-16-29(39,17-35)18-3-2-9-36(15-18)20-4-7-25(31-12-20)34-23-6-5-21(22-13-33-28(38)27(22)23)24-14-32-26-11-19(30)8-10-37(24)26/h4-8,10-12,14,18,26,32,39H,2-3,9,13,15-17H2,1H3,(H,31,34)(H,33,38). The molecular weight excluding hydrogens is 497 g/mol. The number of nitrogens with zero attached hydrogens (tertiary/aromatic N) is 4. The number of aromatic nitrogens is 1. The van der Waals surface area contributed by atoms with Crippen LogP contribution >= 0.6 is 0 Å². The first-order valence-corrected chi connectivity index (χ1v) is 13.5. The summed E-state index contributed by atoms with van der Waals surface area (Å²) < 4.78 is 13.7. The molecule has 2 aromatic rings. The number of carbonyl (C=O) groups excluding carboxylic acids is 1. The van der Waals surface area contributed by atoms with Crippen LogP contribution in [-0.2, 0) is 6.54 Å². The number of likely N-dealkylation sites (tertiary alicyclic amines) is 1. The molecule has 10 heteroatoms. The average molecular weight is 530 g/mol. The molecule has 2 saturated heterocycles. The quantitative estimate of drug-likeness (QED) is 0.470. The van der Waals surface area contributed by atoms with E-state index in [2.05, 4.69) is 30.7 Å². The molecule has 1 amide bonds. The molecule has 9 nitrogen and oxygen atoms in total. The number of likely N-dealkylation sites (N-methyl/N-ethyl adjacent to an activating group) is 1. The van der Waals surface area contributed by atoms with Crippen LogP contribution in [0.5, 0.6) is 0 Å². The first kappa shape index (κ1) is 24.2. The molecule has 39 heavy (non-hydrogen) atoms. The van der Waals surface area contributed by atoms with Crippen LogP contribution in [0.25, 0.3) is 5.70 Å². The number of piperidine rings is 1. The van der Waals surface area contributed by atoms with Crippen molar-refractivity contribution in [2.75, 3.05) is 43.4 Å². The molecule has 2 fully saturated rings. The predicted octanol–water partition coefficient (Wildman–Crippen LogP) is 2.87. The summed E-state index contributed by atoms with van der Waals surface area (Å²) in [5, 5.41) is 20.5. The Labute approximate surface area is 226 Å². The number of benzene rings is 1. The van der Waals surface area contributed by atoms with Crippen LogP contribution in [-0.4, -0.2) is 70.8 Å². The van der Waals surface area contributed by atoms with Gasteiger partial charge in [0, 0.05) is 56.6 Å². The summed E-state index contributed by atoms with van der Waals surface area (Å²) in [5.41, 5.74) is 4.46. The van der Waals surface area contributed by atoms with E-state index in [0.717, 1.165) is 61.5 Å². The van der Waals surface area contributed by atoms with E-state index in [1.54, 1.807) is 6.20 Å². The lowest BCUT2D eigenvalue weighted by Crippen LogP contribution is -2.66. The number of amides is 1. The number of aliphatic hydroxyl groups is 1. The summed E-state index contributed by atoms with van der Waals surface area (Å²) in [5.74, 6) is 0.508. The van der Waals surface area contributed by atoms with Gasteiger partial charge in [0.25, 0.3) is 5.91 Å². The summed E-state index contributed by atoms with van der Waals surface area (Å²) in [6.07, 6.45) is 10.2. The summed E-state index contributed by atoms with van der Waals surface area (Å²) in [6.45, 7) is 3.68. The smallest absolute Gasteiger partial charge is 0.254 e. The maximum atomic E-state index is 13.7. The van der Waals surface area contributed by atoms with E-state index in [-0.39, 0.29) is 23.8 Å². The van der Waals surface area contributed by atoms with Crippen molar-refractivity contribution in [2.24, 2.45) is 5.92 Å². The minimum absolute atomic E-state index is 0.131. The average Bonchev–Trinajstić information content (AvgIpc) is 3.52. The van der Waals surface area contributed by atoms with Crippen molar-refractivity contribution < 1.29 is 14.3 Å². The van der Waals surface area contributed by atoms with Gasteiger partial charge in [0.2, 0.25) is 0 Å². The Morgan fingerprint density at radius 2 is 2.10 bits per heavy atom. The van der Waals surface area contributed by atoms with Crippen LogP contribution in [0.4, 0.5) is 21.6 Å². The van der Waals surface area contributed by atoms with Crippen molar-refractivity contribution in [1.82, 2.24) is 25.4 Å². The zero-order valence-corrected chi connectivity index (χ0v) is 21.8. The monoisotopic (exact) mass is 529 g/mol. The fourth-order valence-corrected chi connectivity index (χ4v) is 6.62. The van der Waals surface area contributed by atoms with Gasteiger partial charge in [0.1, 0.15) is 17.8 Å². The first-order valence-electron chi connectivity index (χ1n) is 13.5. The number of allylic oxidation sites excluding steroid dienone is 2. The molecule has 5 aliphatic rings. The molecule has 1 aromatic heterocycles. The van der Waals surface area contributed by atoms with Crippen molar-refractivity contribution in [2.45, 2.75) is 31.2 Å². The lowest BCUT2D eigenvalue weighted by molar-refractivity contribution is -0.128. The van der Waals surface area contributed by atoms with Gasteiger partial charge in [-0.05, 0) is 55.8 Å². The van der Waals surface area contributed by atoms with Gasteiger partial charge in [0.15, 0.2) is 0 Å². The van der Waals surface area contributed by atoms with E-state index in [0.29, 0.717) is 23.6 Å². The SMILES string of the molecule is CN1CC(O)(C2CCCN(c3ccc(Nc4ccc(C5=CNC6C=C(F)C=CN56)c5c4C(=O)NC5)nc3)C2)C1. The number of halogens is 1. The third-order valence-electron chi connectivity index (χ3n) is 8.57. The second-order valence-corrected chi connectivity index (χ2v) is 11.2. The zero-order chi connectivity index (χ0) is 26.7. The highest BCUT2D eigenvalue weighted by molar-refractivity contribution is 6.05. The number of anilines is 3. The Hall–Kier alpha value is -3.89. The fraction of sp³-hybridized carbons (Fsp3) is 0.379. The lowest BCUT2D eigenvalue weighted by Gasteiger charge is -2.52. The van der Waals surface area contributed by atoms with Gasteiger partial charge < -0.3 is 35.8 Å². The molecule has 4 N–H and O–H groups in total. The number of nitrogens with one attached hydrogen (secondary N) is 3. The minimum atomic E-state index is -0.585. The van der Waals surface area contributed by atoms with Gasteiger partial charge >= 0.3 is 0 Å². The van der Waals surface area contributed by atoms with Crippen LogP contribution in [0, 0.1) is 5.92 Å². The first-order chi connectivity index (χ1) is 18.9. The van der Waals surface area contributed by atoms with Crippen molar-refractivity contribution in [3.8, 4) is 0 Å². The Kier molecular flexibility index (Phi) is 5.64. The topological polar surface area (TPSA) is 96.0 Å². The number of rotatable bonds is 5. The van der Waals surface area contributed by atoms with Crippen LogP contribution in [0.15, 0.2) is 60.8 Å². The largest absolute Gasteiger partial charge is 0.387 e. The molecule has 6 heterocycles. The lowest BCUT2D eigenvalue weighted by atomic mass is 9.76. The molecule has 0 bridgehead atoms. The molecular formula is C29H32FN7O2. The Balaban J connectivity index is 1.09. The highest BCUT2D eigenvalue weighted by atomic mass is 19.1. The molecule has 2 unspecified atom stereocenters. The second kappa shape index (κ2) is 9.10. The molecule has 0 radical (unpaired) electrons. The zero-order valence-electron chi connectivity index (χ0n) is 21.8. The number of hydrogen-bond acceptors (Lipinski definition) is 8. The van der Waals surface area contributed by atoms with Gasteiger partial charge in [-0.25, -0.2) is 9.37 Å². The Bertz CT molecular complexity index is 1410. The summed E-state index contributed by atoms with van der Waals surface area (Å²) in [6, 6.07) is 7.88. The highest BCUT2D eigenvalue weighted by Crippen LogP contribution is 2.38. The van der Waals surface area contributed by atoms with E-state index in [1.165, 1.54) is 12.2 Å². The van der Waals surface area contributed by atoms with Crippen molar-refractivity contribution in [3.05, 3.63) is 77.5 Å². The molecule has 5 aliphatic heterocycles. The second-order valence-electron chi connectivity index (χ2n) is 11.2. The maximum absolute atomic E-state index is 13.7. The number of fused-ring (bicyclic) bond motifs is 2. The van der Waals surface area contributed by atoms with E-state index in [1.807, 2.05) is 48.6 Å². The van der Waals surface area contributed by atoms with Crippen LogP contribution in [0.2, 0.25) is 0 Å². The van der Waals surface area contributed by atoms with Crippen LogP contribution in [0.1, 0.15) is 34.3 Å². The van der Waals surface area contributed by atoms with E-state index in [9.17, 15) is 14.3 Å². The predicted molar refractivity (Wildman–Crippen MR) is 148 cm³/mol. The van der Waals surface area contributed by atoms with Crippen LogP contribution in [0.3, 0.4) is 0 Å². The molecule has 7 rings (SSSR count). The number of β-amino-alcohol motifs (C(OH)–C–C–N with tert-alkyl or cyclic N) is 1. The van der Waals surface area contributed by atoms with Crippen molar-refractivity contribution in [3.63, 3.8) is 0 Å². The molecule has 1 aromatic carbocycles. The summed E-state index contributed by atoms with van der Waals surface area (Å²) >= 11 is 0. The molecule has 0 saturated carbocycles. The van der Waals surface area contributed by atoms with E-state index in [4.69, 9.17) is 0 Å². The van der Waals surface area contributed by atoms with Crippen molar-refractivity contribution in [1.29, 1.82) is 0 Å². The summed E-state index contributed by atoms with van der Waals surface area (Å²) in [7, 11) is 2.04. The maximum Gasteiger partial charge on any atom is 0.254 e. The molecule has 0 spiro atoms. The van der Waals surface area contributed by atoms with E-state index < -0.39 is 5.60 Å². The third-order valence-corrected chi connectivity index (χ3v) is 8.57. The Morgan fingerprint density at radius 1 is 1.23 bits per heavy atom. The van der Waals surface area contributed by atoms with Gasteiger partial charge in [0.05, 0.1) is 34.4 Å².